The number of benzene rings is 2. The number of carbonyl (C=O) groups is 1. The summed E-state index contributed by atoms with van der Waals surface area (Å²) >= 11 is 13.0. The first-order chi connectivity index (χ1) is 19.7. The van der Waals surface area contributed by atoms with Crippen LogP contribution in [-0.4, -0.2) is 45.2 Å². The molecule has 4 aromatic rings. The molecule has 2 aromatic carbocycles. The minimum atomic E-state index is -1.45. The van der Waals surface area contributed by atoms with Gasteiger partial charge < -0.3 is 23.8 Å². The maximum atomic E-state index is 16.4. The van der Waals surface area contributed by atoms with Crippen LogP contribution >= 0.6 is 23.2 Å². The zero-order chi connectivity index (χ0) is 28.5. The minimum absolute atomic E-state index is 0.0162. The number of anilines is 1. The van der Waals surface area contributed by atoms with Crippen molar-refractivity contribution in [1.29, 1.82) is 0 Å². The van der Waals surface area contributed by atoms with Gasteiger partial charge in [-0.1, -0.05) is 34.4 Å². The molecule has 2 aliphatic heterocycles. The highest BCUT2D eigenvalue weighted by molar-refractivity contribution is 6.39. The van der Waals surface area contributed by atoms with E-state index in [0.717, 1.165) is 48.2 Å². The number of rotatable bonds is 8. The predicted octanol–water partition coefficient (Wildman–Crippen LogP) is 7.77. The first kappa shape index (κ1) is 26.8. The lowest BCUT2D eigenvalue weighted by atomic mass is 9.88. The van der Waals surface area contributed by atoms with Crippen LogP contribution in [0.15, 0.2) is 47.1 Å². The fraction of sp³-hybridized carbons (Fsp3) is 0.419. The van der Waals surface area contributed by atoms with Gasteiger partial charge in [-0.25, -0.2) is 9.18 Å². The van der Waals surface area contributed by atoms with Crippen LogP contribution in [0.2, 0.25) is 10.0 Å². The van der Waals surface area contributed by atoms with Crippen molar-refractivity contribution in [3.63, 3.8) is 0 Å². The normalized spacial score (nSPS) is 24.0. The number of ether oxygens (including phenoxy) is 1. The molecule has 1 saturated carbocycles. The van der Waals surface area contributed by atoms with Gasteiger partial charge in [0.2, 0.25) is 0 Å². The van der Waals surface area contributed by atoms with Crippen molar-refractivity contribution in [1.82, 2.24) is 9.72 Å². The SMILES string of the molecule is Cn1cc(C(=O)O)c2ccc(N3C4CCC3CC(F)(COCc3c(-c5c(Cl)cccc5Cl)noc3C3CC3)C4)cc21. The Balaban J connectivity index is 1.08. The van der Waals surface area contributed by atoms with E-state index in [1.165, 1.54) is 0 Å². The van der Waals surface area contributed by atoms with E-state index in [1.807, 2.05) is 29.8 Å². The number of hydrogen-bond donors (Lipinski definition) is 1. The molecule has 7 rings (SSSR count). The Hall–Kier alpha value is -3.07. The second kappa shape index (κ2) is 10.0. The number of carboxylic acid groups (broad SMARTS) is 1. The van der Waals surface area contributed by atoms with Gasteiger partial charge in [0.1, 0.15) is 17.1 Å². The van der Waals surface area contributed by atoms with Crippen molar-refractivity contribution in [2.45, 2.75) is 68.8 Å². The lowest BCUT2D eigenvalue weighted by Crippen LogP contribution is -2.51. The van der Waals surface area contributed by atoms with Gasteiger partial charge in [-0.2, -0.15) is 0 Å². The zero-order valence-electron chi connectivity index (χ0n) is 22.6. The number of fused-ring (bicyclic) bond motifs is 3. The van der Waals surface area contributed by atoms with E-state index >= 15 is 4.39 Å². The Labute approximate surface area is 246 Å². The topological polar surface area (TPSA) is 80.7 Å². The van der Waals surface area contributed by atoms with Crippen molar-refractivity contribution in [2.75, 3.05) is 11.5 Å². The Morgan fingerprint density at radius 3 is 2.51 bits per heavy atom. The molecule has 3 fully saturated rings. The molecule has 1 N–H and O–H groups in total. The Morgan fingerprint density at radius 1 is 1.15 bits per heavy atom. The summed E-state index contributed by atoms with van der Waals surface area (Å²) in [5.74, 6) is 0.129. The highest BCUT2D eigenvalue weighted by atomic mass is 35.5. The van der Waals surface area contributed by atoms with E-state index in [0.29, 0.717) is 45.4 Å². The van der Waals surface area contributed by atoms with Crippen molar-refractivity contribution in [2.24, 2.45) is 7.05 Å². The van der Waals surface area contributed by atoms with Crippen molar-refractivity contribution in [3.05, 3.63) is 69.5 Å². The van der Waals surface area contributed by atoms with Gasteiger partial charge in [-0.3, -0.25) is 0 Å². The second-order valence-corrected chi connectivity index (χ2v) is 12.6. The summed E-state index contributed by atoms with van der Waals surface area (Å²) < 4.78 is 30.0. The molecule has 0 radical (unpaired) electrons. The number of aromatic carboxylic acids is 1. The van der Waals surface area contributed by atoms with Gasteiger partial charge in [-0.05, 0) is 56.0 Å². The predicted molar refractivity (Wildman–Crippen MR) is 156 cm³/mol. The number of nitrogens with zero attached hydrogens (tertiary/aromatic N) is 3. The maximum Gasteiger partial charge on any atom is 0.337 e. The Morgan fingerprint density at radius 2 is 1.85 bits per heavy atom. The van der Waals surface area contributed by atoms with Gasteiger partial charge in [0.25, 0.3) is 0 Å². The van der Waals surface area contributed by atoms with Crippen LogP contribution in [0.3, 0.4) is 0 Å². The number of aromatic nitrogens is 2. The molecule has 1 aliphatic carbocycles. The molecule has 7 nitrogen and oxygen atoms in total. The standard InChI is InChI=1S/C31H30Cl2FN3O4/c1-36-14-22(30(38)39)21-10-9-18(11-26(21)36)37-19-7-8-20(37)13-31(34,12-19)16-40-15-23-28(35-41-29(23)17-5-6-17)27-24(32)3-2-4-25(27)33/h2-4,9-11,14,17,19-20H,5-8,12-13,15-16H2,1H3,(H,38,39). The van der Waals surface area contributed by atoms with Crippen molar-refractivity contribution < 1.29 is 23.6 Å². The molecule has 0 spiro atoms. The number of piperidine rings is 1. The van der Waals surface area contributed by atoms with Crippen LogP contribution in [0.1, 0.15) is 66.1 Å². The van der Waals surface area contributed by atoms with Crippen LogP contribution in [0, 0.1) is 0 Å². The molecule has 41 heavy (non-hydrogen) atoms. The molecule has 2 atom stereocenters. The fourth-order valence-corrected chi connectivity index (χ4v) is 7.49. The monoisotopic (exact) mass is 597 g/mol. The van der Waals surface area contributed by atoms with Gasteiger partial charge in [0, 0.05) is 66.3 Å². The van der Waals surface area contributed by atoms with Crippen molar-refractivity contribution >= 4 is 45.8 Å². The lowest BCUT2D eigenvalue weighted by Gasteiger charge is -2.43. The van der Waals surface area contributed by atoms with Crippen LogP contribution in [0.25, 0.3) is 22.2 Å². The summed E-state index contributed by atoms with van der Waals surface area (Å²) in [5.41, 5.74) is 2.66. The van der Waals surface area contributed by atoms with E-state index in [9.17, 15) is 9.90 Å². The summed E-state index contributed by atoms with van der Waals surface area (Å²) in [5, 5.41) is 15.5. The molecule has 3 aliphatic rings. The lowest BCUT2D eigenvalue weighted by molar-refractivity contribution is -0.0164. The summed E-state index contributed by atoms with van der Waals surface area (Å²) in [6.07, 6.45) is 6.26. The van der Waals surface area contributed by atoms with Crippen LogP contribution in [0.4, 0.5) is 10.1 Å². The van der Waals surface area contributed by atoms with Crippen molar-refractivity contribution in [3.8, 4) is 11.3 Å². The average molecular weight is 599 g/mol. The Kier molecular flexibility index (Phi) is 6.56. The largest absolute Gasteiger partial charge is 0.478 e. The van der Waals surface area contributed by atoms with Crippen LogP contribution < -0.4 is 4.90 Å². The number of alkyl halides is 1. The smallest absolute Gasteiger partial charge is 0.337 e. The molecule has 2 unspecified atom stereocenters. The third-order valence-electron chi connectivity index (χ3n) is 8.90. The van der Waals surface area contributed by atoms with Gasteiger partial charge in [-0.15, -0.1) is 0 Å². The first-order valence-electron chi connectivity index (χ1n) is 14.0. The highest BCUT2D eigenvalue weighted by Crippen LogP contribution is 2.48. The summed E-state index contributed by atoms with van der Waals surface area (Å²) in [7, 11) is 1.85. The Bertz CT molecular complexity index is 1630. The number of halogens is 3. The molecular formula is C31H30Cl2FN3O4. The summed E-state index contributed by atoms with van der Waals surface area (Å²) in [6, 6.07) is 11.3. The van der Waals surface area contributed by atoms with E-state index in [-0.39, 0.29) is 30.9 Å². The second-order valence-electron chi connectivity index (χ2n) is 11.7. The molecule has 4 heterocycles. The van der Waals surface area contributed by atoms with Gasteiger partial charge in [0.15, 0.2) is 0 Å². The van der Waals surface area contributed by atoms with E-state index < -0.39 is 11.6 Å². The quantitative estimate of drug-likeness (QED) is 0.223. The fourth-order valence-electron chi connectivity index (χ4n) is 6.92. The highest BCUT2D eigenvalue weighted by Gasteiger charge is 2.49. The maximum absolute atomic E-state index is 16.4. The minimum Gasteiger partial charge on any atom is -0.478 e. The molecule has 2 aromatic heterocycles. The molecule has 0 amide bonds. The number of aryl methyl sites for hydroxylation is 1. The molecular weight excluding hydrogens is 568 g/mol. The van der Waals surface area contributed by atoms with E-state index in [2.05, 4.69) is 10.1 Å². The average Bonchev–Trinajstić information content (AvgIpc) is 3.52. The third kappa shape index (κ3) is 4.70. The first-order valence-corrected chi connectivity index (χ1v) is 14.8. The third-order valence-corrected chi connectivity index (χ3v) is 9.53. The van der Waals surface area contributed by atoms with Gasteiger partial charge >= 0.3 is 5.97 Å². The summed E-state index contributed by atoms with van der Waals surface area (Å²) in [6.45, 7) is 0.157. The van der Waals surface area contributed by atoms with E-state index in [1.54, 1.807) is 24.4 Å². The number of carboxylic acids is 1. The summed E-state index contributed by atoms with van der Waals surface area (Å²) in [4.78, 5) is 14.0. The van der Waals surface area contributed by atoms with Crippen LogP contribution in [-0.2, 0) is 18.4 Å². The molecule has 2 bridgehead atoms. The zero-order valence-corrected chi connectivity index (χ0v) is 24.1. The van der Waals surface area contributed by atoms with Gasteiger partial charge in [0.05, 0.1) is 34.3 Å². The van der Waals surface area contributed by atoms with Crippen LogP contribution in [0.5, 0.6) is 0 Å². The van der Waals surface area contributed by atoms with E-state index in [4.69, 9.17) is 32.5 Å². The molecule has 10 heteroatoms. The molecule has 2 saturated heterocycles. The number of hydrogen-bond acceptors (Lipinski definition) is 5. The molecule has 214 valence electrons.